The van der Waals surface area contributed by atoms with Crippen molar-refractivity contribution in [2.24, 2.45) is 4.99 Å². The van der Waals surface area contributed by atoms with Crippen LogP contribution >= 0.6 is 0 Å². The second-order valence-corrected chi connectivity index (χ2v) is 7.13. The molecule has 3 N–H and O–H groups in total. The fourth-order valence-electron chi connectivity index (χ4n) is 3.23. The lowest BCUT2D eigenvalue weighted by atomic mass is 10.00. The van der Waals surface area contributed by atoms with Gasteiger partial charge in [-0.05, 0) is 43.5 Å². The van der Waals surface area contributed by atoms with Gasteiger partial charge in [0.25, 0.3) is 0 Å². The Morgan fingerprint density at radius 2 is 2.04 bits per heavy atom. The Morgan fingerprint density at radius 1 is 1.25 bits per heavy atom. The summed E-state index contributed by atoms with van der Waals surface area (Å²) in [6, 6.07) is 11.7. The highest BCUT2D eigenvalue weighted by Crippen LogP contribution is 2.20. The van der Waals surface area contributed by atoms with Crippen molar-refractivity contribution in [1.29, 1.82) is 0 Å². The summed E-state index contributed by atoms with van der Waals surface area (Å²) in [6.45, 7) is 5.87. The van der Waals surface area contributed by atoms with E-state index in [1.807, 2.05) is 24.0 Å². The molecule has 1 aliphatic heterocycles. The van der Waals surface area contributed by atoms with E-state index in [-0.39, 0.29) is 19.0 Å². The third-order valence-corrected chi connectivity index (χ3v) is 4.85. The Morgan fingerprint density at radius 3 is 2.75 bits per heavy atom. The fourth-order valence-corrected chi connectivity index (χ4v) is 3.23. The van der Waals surface area contributed by atoms with Gasteiger partial charge in [0, 0.05) is 19.6 Å². The van der Waals surface area contributed by atoms with Crippen LogP contribution in [0.2, 0.25) is 0 Å². The summed E-state index contributed by atoms with van der Waals surface area (Å²) in [5.74, 6) is 0.948. The topological polar surface area (TPSA) is 90.1 Å². The van der Waals surface area contributed by atoms with Crippen LogP contribution in [0, 0.1) is 0 Å². The molecule has 1 aliphatic rings. The van der Waals surface area contributed by atoms with Crippen LogP contribution < -0.4 is 10.6 Å². The molecule has 1 aromatic carbocycles. The highest BCUT2D eigenvalue weighted by atomic mass is 16.4. The van der Waals surface area contributed by atoms with Crippen LogP contribution in [0.25, 0.3) is 0 Å². The number of hydrogen-bond acceptors (Lipinski definition) is 4. The molecule has 1 amide bonds. The minimum absolute atomic E-state index is 0.00972. The van der Waals surface area contributed by atoms with Crippen LogP contribution in [-0.2, 0) is 23.4 Å². The van der Waals surface area contributed by atoms with E-state index in [4.69, 9.17) is 4.42 Å². The number of rotatable bonds is 6. The van der Waals surface area contributed by atoms with Gasteiger partial charge in [0.15, 0.2) is 5.96 Å². The molecule has 1 unspecified atom stereocenters. The summed E-state index contributed by atoms with van der Waals surface area (Å²) < 4.78 is 5.29. The first-order valence-corrected chi connectivity index (χ1v) is 9.62. The third kappa shape index (κ3) is 4.92. The van der Waals surface area contributed by atoms with Crippen molar-refractivity contribution in [2.45, 2.75) is 32.4 Å². The standard InChI is InChI=1S/C21H28N4O3/c1-3-22-20(24-15-21(2,27)18-9-6-12-28-18)23-13-19(26)25-11-10-16-7-4-5-8-17(16)14-25/h4-9,12,27H,3,10-11,13-15H2,1-2H3,(H2,22,23,24). The average molecular weight is 384 g/mol. The van der Waals surface area contributed by atoms with Gasteiger partial charge < -0.3 is 25.1 Å². The molecule has 1 atom stereocenters. The molecule has 0 spiro atoms. The number of nitrogens with one attached hydrogen (secondary N) is 2. The van der Waals surface area contributed by atoms with Crippen LogP contribution in [0.15, 0.2) is 52.1 Å². The number of fused-ring (bicyclic) bond motifs is 1. The Hall–Kier alpha value is -2.80. The Bertz CT molecular complexity index is 815. The largest absolute Gasteiger partial charge is 0.466 e. The van der Waals surface area contributed by atoms with E-state index in [2.05, 4.69) is 27.8 Å². The van der Waals surface area contributed by atoms with Gasteiger partial charge in [-0.15, -0.1) is 0 Å². The lowest BCUT2D eigenvalue weighted by Crippen LogP contribution is -2.45. The van der Waals surface area contributed by atoms with Crippen molar-refractivity contribution in [1.82, 2.24) is 15.5 Å². The first kappa shape index (κ1) is 19.9. The summed E-state index contributed by atoms with van der Waals surface area (Å²) in [5.41, 5.74) is 1.33. The van der Waals surface area contributed by atoms with Crippen molar-refractivity contribution in [2.75, 3.05) is 26.2 Å². The molecular weight excluding hydrogens is 356 g/mol. The molecule has 28 heavy (non-hydrogen) atoms. The minimum Gasteiger partial charge on any atom is -0.466 e. The Kier molecular flexibility index (Phi) is 6.36. The summed E-state index contributed by atoms with van der Waals surface area (Å²) in [7, 11) is 0. The van der Waals surface area contributed by atoms with E-state index < -0.39 is 5.60 Å². The minimum atomic E-state index is -1.18. The van der Waals surface area contributed by atoms with Gasteiger partial charge in [0.2, 0.25) is 5.91 Å². The number of amides is 1. The van der Waals surface area contributed by atoms with E-state index in [1.54, 1.807) is 19.1 Å². The fraction of sp³-hybridized carbons (Fsp3) is 0.429. The van der Waals surface area contributed by atoms with Crippen LogP contribution in [0.3, 0.4) is 0 Å². The Balaban J connectivity index is 1.57. The number of nitrogens with zero attached hydrogens (tertiary/aromatic N) is 2. The number of carbonyl (C=O) groups excluding carboxylic acids is 1. The smallest absolute Gasteiger partial charge is 0.244 e. The van der Waals surface area contributed by atoms with E-state index >= 15 is 0 Å². The molecule has 7 heteroatoms. The van der Waals surface area contributed by atoms with Gasteiger partial charge in [-0.3, -0.25) is 4.79 Å². The molecular formula is C21H28N4O3. The van der Waals surface area contributed by atoms with Crippen LogP contribution in [0.1, 0.15) is 30.7 Å². The maximum Gasteiger partial charge on any atom is 0.244 e. The maximum absolute atomic E-state index is 12.6. The van der Waals surface area contributed by atoms with Gasteiger partial charge in [-0.25, -0.2) is 4.99 Å². The zero-order valence-corrected chi connectivity index (χ0v) is 16.4. The van der Waals surface area contributed by atoms with E-state index in [0.717, 1.165) is 6.42 Å². The highest BCUT2D eigenvalue weighted by molar-refractivity contribution is 5.85. The predicted molar refractivity (Wildman–Crippen MR) is 108 cm³/mol. The maximum atomic E-state index is 12.6. The molecule has 7 nitrogen and oxygen atoms in total. The number of aliphatic imine (C=N–C) groups is 1. The van der Waals surface area contributed by atoms with Crippen molar-refractivity contribution in [3.63, 3.8) is 0 Å². The number of hydrogen-bond donors (Lipinski definition) is 3. The molecule has 2 heterocycles. The summed E-state index contributed by atoms with van der Waals surface area (Å²) in [6.07, 6.45) is 2.40. The molecule has 150 valence electrons. The normalized spacial score (nSPS) is 16.2. The molecule has 0 radical (unpaired) electrons. The molecule has 2 aromatic rings. The quantitative estimate of drug-likeness (QED) is 0.520. The average Bonchev–Trinajstić information content (AvgIpc) is 3.25. The van der Waals surface area contributed by atoms with Crippen molar-refractivity contribution < 1.29 is 14.3 Å². The number of benzene rings is 1. The van der Waals surface area contributed by atoms with Crippen LogP contribution in [0.4, 0.5) is 0 Å². The number of furan rings is 1. The summed E-state index contributed by atoms with van der Waals surface area (Å²) in [4.78, 5) is 18.8. The van der Waals surface area contributed by atoms with Crippen molar-refractivity contribution >= 4 is 11.9 Å². The van der Waals surface area contributed by atoms with Crippen LogP contribution in [-0.4, -0.2) is 48.1 Å². The van der Waals surface area contributed by atoms with Crippen LogP contribution in [0.5, 0.6) is 0 Å². The monoisotopic (exact) mass is 384 g/mol. The molecule has 0 saturated carbocycles. The van der Waals surface area contributed by atoms with Gasteiger partial charge in [-0.1, -0.05) is 24.3 Å². The zero-order chi connectivity index (χ0) is 20.0. The number of guanidine groups is 1. The SMILES string of the molecule is CCNC(=NCC(=O)N1CCc2ccccc2C1)NCC(C)(O)c1ccco1. The van der Waals surface area contributed by atoms with E-state index in [9.17, 15) is 9.90 Å². The molecule has 3 rings (SSSR count). The lowest BCUT2D eigenvalue weighted by Gasteiger charge is -2.28. The molecule has 0 saturated heterocycles. The van der Waals surface area contributed by atoms with Gasteiger partial charge in [-0.2, -0.15) is 0 Å². The summed E-state index contributed by atoms with van der Waals surface area (Å²) in [5, 5.41) is 16.7. The van der Waals surface area contributed by atoms with Gasteiger partial charge in [0.1, 0.15) is 17.9 Å². The second-order valence-electron chi connectivity index (χ2n) is 7.13. The van der Waals surface area contributed by atoms with Crippen molar-refractivity contribution in [3.05, 3.63) is 59.5 Å². The van der Waals surface area contributed by atoms with Crippen molar-refractivity contribution in [3.8, 4) is 0 Å². The molecule has 0 bridgehead atoms. The molecule has 1 aromatic heterocycles. The van der Waals surface area contributed by atoms with Gasteiger partial charge in [0.05, 0.1) is 12.8 Å². The Labute approximate surface area is 165 Å². The zero-order valence-electron chi connectivity index (χ0n) is 16.4. The summed E-state index contributed by atoms with van der Waals surface area (Å²) >= 11 is 0. The second kappa shape index (κ2) is 8.93. The molecule has 0 aliphatic carbocycles. The number of aliphatic hydroxyl groups is 1. The number of carbonyl (C=O) groups is 1. The molecule has 0 fully saturated rings. The first-order valence-electron chi connectivity index (χ1n) is 9.62. The van der Waals surface area contributed by atoms with E-state index in [1.165, 1.54) is 17.4 Å². The lowest BCUT2D eigenvalue weighted by molar-refractivity contribution is -0.130. The predicted octanol–water partition coefficient (Wildman–Crippen LogP) is 1.63. The highest BCUT2D eigenvalue weighted by Gasteiger charge is 2.26. The first-order chi connectivity index (χ1) is 13.5. The third-order valence-electron chi connectivity index (χ3n) is 4.85. The van der Waals surface area contributed by atoms with Gasteiger partial charge >= 0.3 is 0 Å². The van der Waals surface area contributed by atoms with E-state index in [0.29, 0.717) is 31.4 Å².